The molecule has 0 saturated carbocycles. The number of ether oxygens (including phenoxy) is 1. The fourth-order valence-electron chi connectivity index (χ4n) is 1.93. The molecule has 1 N–H and O–H groups in total. The topological polar surface area (TPSA) is 72.5 Å². The largest absolute Gasteiger partial charge is 0.492 e. The second-order valence-electron chi connectivity index (χ2n) is 5.14. The summed E-state index contributed by atoms with van der Waals surface area (Å²) in [4.78, 5) is 11.3. The second kappa shape index (κ2) is 7.39. The summed E-state index contributed by atoms with van der Waals surface area (Å²) in [6.07, 6.45) is 0. The van der Waals surface area contributed by atoms with Crippen LogP contribution in [-0.2, 0) is 10.0 Å². The van der Waals surface area contributed by atoms with Crippen LogP contribution in [-0.4, -0.2) is 27.4 Å². The number of Topliss-reactive ketones (excluding diaryl/α,β-unsaturated/α-hetero) is 1. The molecular formula is C17H19NO4S. The maximum Gasteiger partial charge on any atom is 0.240 e. The molecule has 0 aliphatic carbocycles. The van der Waals surface area contributed by atoms with Gasteiger partial charge in [-0.3, -0.25) is 4.79 Å². The van der Waals surface area contributed by atoms with Crippen LogP contribution in [0.5, 0.6) is 5.75 Å². The first-order valence-corrected chi connectivity index (χ1v) is 8.67. The van der Waals surface area contributed by atoms with Gasteiger partial charge in [-0.25, -0.2) is 13.1 Å². The number of hydrogen-bond acceptors (Lipinski definition) is 4. The molecule has 122 valence electrons. The van der Waals surface area contributed by atoms with E-state index in [1.54, 1.807) is 0 Å². The van der Waals surface area contributed by atoms with Gasteiger partial charge < -0.3 is 4.74 Å². The zero-order chi connectivity index (χ0) is 16.9. The minimum Gasteiger partial charge on any atom is -0.492 e. The predicted molar refractivity (Wildman–Crippen MR) is 88.3 cm³/mol. The van der Waals surface area contributed by atoms with Crippen molar-refractivity contribution in [2.75, 3.05) is 13.2 Å². The van der Waals surface area contributed by atoms with Crippen LogP contribution < -0.4 is 9.46 Å². The van der Waals surface area contributed by atoms with Crippen molar-refractivity contribution in [3.8, 4) is 5.75 Å². The van der Waals surface area contributed by atoms with Gasteiger partial charge in [0.05, 0.1) is 4.90 Å². The molecule has 5 nitrogen and oxygen atoms in total. The van der Waals surface area contributed by atoms with Gasteiger partial charge in [-0.15, -0.1) is 0 Å². The zero-order valence-corrected chi connectivity index (χ0v) is 13.9. The average molecular weight is 333 g/mol. The standard InChI is InChI=1S/C17H19NO4S/c1-13-3-7-16(8-4-13)22-12-11-18-23(20,21)17-9-5-15(6-10-17)14(2)19/h3-10,18H,11-12H2,1-2H3. The number of rotatable bonds is 7. The maximum absolute atomic E-state index is 12.1. The molecule has 0 aliphatic heterocycles. The molecule has 0 spiro atoms. The molecule has 0 fully saturated rings. The fourth-order valence-corrected chi connectivity index (χ4v) is 2.94. The minimum absolute atomic E-state index is 0.103. The normalized spacial score (nSPS) is 11.2. The summed E-state index contributed by atoms with van der Waals surface area (Å²) in [5.41, 5.74) is 1.61. The Morgan fingerprint density at radius 2 is 1.65 bits per heavy atom. The zero-order valence-electron chi connectivity index (χ0n) is 13.1. The third kappa shape index (κ3) is 4.91. The van der Waals surface area contributed by atoms with E-state index in [-0.39, 0.29) is 23.8 Å². The number of nitrogens with one attached hydrogen (secondary N) is 1. The number of carbonyl (C=O) groups excluding carboxylic acids is 1. The van der Waals surface area contributed by atoms with E-state index < -0.39 is 10.0 Å². The Hall–Kier alpha value is -2.18. The van der Waals surface area contributed by atoms with Crippen LogP contribution in [0.2, 0.25) is 0 Å². The van der Waals surface area contributed by atoms with Crippen molar-refractivity contribution in [1.29, 1.82) is 0 Å². The van der Waals surface area contributed by atoms with Gasteiger partial charge in [0.2, 0.25) is 10.0 Å². The lowest BCUT2D eigenvalue weighted by atomic mass is 10.2. The predicted octanol–water partition coefficient (Wildman–Crippen LogP) is 2.55. The average Bonchev–Trinajstić information content (AvgIpc) is 2.53. The summed E-state index contributed by atoms with van der Waals surface area (Å²) in [6, 6.07) is 13.4. The summed E-state index contributed by atoms with van der Waals surface area (Å²) in [7, 11) is -3.61. The summed E-state index contributed by atoms with van der Waals surface area (Å²) in [5, 5.41) is 0. The maximum atomic E-state index is 12.1. The molecule has 0 aromatic heterocycles. The Kier molecular flexibility index (Phi) is 5.52. The SMILES string of the molecule is CC(=O)c1ccc(S(=O)(=O)NCCOc2ccc(C)cc2)cc1. The van der Waals surface area contributed by atoms with Crippen molar-refractivity contribution in [1.82, 2.24) is 4.72 Å². The van der Waals surface area contributed by atoms with E-state index in [9.17, 15) is 13.2 Å². The number of sulfonamides is 1. The molecule has 0 bridgehead atoms. The van der Waals surface area contributed by atoms with Crippen molar-refractivity contribution >= 4 is 15.8 Å². The third-order valence-corrected chi connectivity index (χ3v) is 4.73. The monoisotopic (exact) mass is 333 g/mol. The Labute approximate surface area is 136 Å². The van der Waals surface area contributed by atoms with Crippen LogP contribution in [0.4, 0.5) is 0 Å². The second-order valence-corrected chi connectivity index (χ2v) is 6.91. The van der Waals surface area contributed by atoms with Crippen molar-refractivity contribution < 1.29 is 17.9 Å². The van der Waals surface area contributed by atoms with Gasteiger partial charge in [0, 0.05) is 12.1 Å². The Morgan fingerprint density at radius 3 is 2.22 bits per heavy atom. The molecule has 0 radical (unpaired) electrons. The van der Waals surface area contributed by atoms with E-state index in [1.165, 1.54) is 31.2 Å². The third-order valence-electron chi connectivity index (χ3n) is 3.25. The van der Waals surface area contributed by atoms with E-state index in [4.69, 9.17) is 4.74 Å². The molecule has 0 heterocycles. The van der Waals surface area contributed by atoms with E-state index >= 15 is 0 Å². The first-order chi connectivity index (χ1) is 10.9. The van der Waals surface area contributed by atoms with Gasteiger partial charge in [-0.2, -0.15) is 0 Å². The molecule has 0 aliphatic rings. The Morgan fingerprint density at radius 1 is 1.04 bits per heavy atom. The molecule has 23 heavy (non-hydrogen) atoms. The van der Waals surface area contributed by atoms with Gasteiger partial charge in [-0.05, 0) is 38.1 Å². The van der Waals surface area contributed by atoms with E-state index in [1.807, 2.05) is 31.2 Å². The fraction of sp³-hybridized carbons (Fsp3) is 0.235. The molecule has 2 aromatic carbocycles. The first kappa shape index (κ1) is 17.2. The molecule has 0 saturated heterocycles. The highest BCUT2D eigenvalue weighted by Crippen LogP contribution is 2.12. The highest BCUT2D eigenvalue weighted by Gasteiger charge is 2.13. The summed E-state index contributed by atoms with van der Waals surface area (Å²) in [6.45, 7) is 3.80. The van der Waals surface area contributed by atoms with Crippen LogP contribution in [0.3, 0.4) is 0 Å². The molecule has 0 amide bonds. The van der Waals surface area contributed by atoms with Gasteiger partial charge in [-0.1, -0.05) is 29.8 Å². The van der Waals surface area contributed by atoms with Gasteiger partial charge >= 0.3 is 0 Å². The van der Waals surface area contributed by atoms with E-state index in [0.717, 1.165) is 5.56 Å². The Bertz CT molecular complexity index is 765. The van der Waals surface area contributed by atoms with Crippen LogP contribution in [0.15, 0.2) is 53.4 Å². The van der Waals surface area contributed by atoms with Crippen LogP contribution >= 0.6 is 0 Å². The van der Waals surface area contributed by atoms with Gasteiger partial charge in [0.25, 0.3) is 0 Å². The van der Waals surface area contributed by atoms with E-state index in [0.29, 0.717) is 11.3 Å². The minimum atomic E-state index is -3.61. The highest BCUT2D eigenvalue weighted by atomic mass is 32.2. The van der Waals surface area contributed by atoms with Gasteiger partial charge in [0.15, 0.2) is 5.78 Å². The number of aryl methyl sites for hydroxylation is 1. The smallest absolute Gasteiger partial charge is 0.240 e. The summed E-state index contributed by atoms with van der Waals surface area (Å²) >= 11 is 0. The molecular weight excluding hydrogens is 314 g/mol. The molecule has 6 heteroatoms. The van der Waals surface area contributed by atoms with Crippen LogP contribution in [0, 0.1) is 6.92 Å². The number of benzene rings is 2. The molecule has 2 aromatic rings. The lowest BCUT2D eigenvalue weighted by Crippen LogP contribution is -2.28. The lowest BCUT2D eigenvalue weighted by molar-refractivity contribution is 0.101. The van der Waals surface area contributed by atoms with Crippen LogP contribution in [0.25, 0.3) is 0 Å². The van der Waals surface area contributed by atoms with Crippen molar-refractivity contribution in [3.63, 3.8) is 0 Å². The lowest BCUT2D eigenvalue weighted by Gasteiger charge is -2.09. The van der Waals surface area contributed by atoms with Crippen LogP contribution in [0.1, 0.15) is 22.8 Å². The molecule has 2 rings (SSSR count). The number of hydrogen-bond donors (Lipinski definition) is 1. The van der Waals surface area contributed by atoms with Crippen molar-refractivity contribution in [3.05, 3.63) is 59.7 Å². The Balaban J connectivity index is 1.88. The van der Waals surface area contributed by atoms with Crippen molar-refractivity contribution in [2.45, 2.75) is 18.7 Å². The number of ketones is 1. The quantitative estimate of drug-likeness (QED) is 0.624. The highest BCUT2D eigenvalue weighted by molar-refractivity contribution is 7.89. The molecule has 0 unspecified atom stereocenters. The summed E-state index contributed by atoms with van der Waals surface area (Å²) in [5.74, 6) is 0.592. The molecule has 0 atom stereocenters. The van der Waals surface area contributed by atoms with Crippen molar-refractivity contribution in [2.24, 2.45) is 0 Å². The summed E-state index contributed by atoms with van der Waals surface area (Å²) < 4.78 is 32.2. The first-order valence-electron chi connectivity index (χ1n) is 7.18. The van der Waals surface area contributed by atoms with Gasteiger partial charge in [0.1, 0.15) is 12.4 Å². The number of carbonyl (C=O) groups is 1. The van der Waals surface area contributed by atoms with E-state index in [2.05, 4.69) is 4.72 Å².